The molecule has 1 saturated heterocycles. The van der Waals surface area contributed by atoms with Crippen molar-refractivity contribution in [1.82, 2.24) is 15.5 Å². The summed E-state index contributed by atoms with van der Waals surface area (Å²) in [4.78, 5) is 38.9. The summed E-state index contributed by atoms with van der Waals surface area (Å²) in [5.41, 5.74) is 0.490. The summed E-state index contributed by atoms with van der Waals surface area (Å²) in [5.74, 6) is 0.280. The Bertz CT molecular complexity index is 665. The van der Waals surface area contributed by atoms with Crippen LogP contribution in [0.2, 0.25) is 0 Å². The monoisotopic (exact) mass is 455 g/mol. The molecule has 8 heteroatoms. The largest absolute Gasteiger partial charge is 0.354 e. The lowest BCUT2D eigenvalue weighted by Gasteiger charge is -2.19. The number of hydrogen-bond acceptors (Lipinski definition) is 4. The summed E-state index contributed by atoms with van der Waals surface area (Å²) in [6, 6.07) is 6.48. The van der Waals surface area contributed by atoms with E-state index in [0.29, 0.717) is 22.9 Å². The van der Waals surface area contributed by atoms with E-state index in [2.05, 4.69) is 26.6 Å². The number of benzene rings is 1. The molecule has 1 aliphatic rings. The molecule has 0 unspecified atom stereocenters. The van der Waals surface area contributed by atoms with Crippen molar-refractivity contribution in [3.05, 3.63) is 34.3 Å². The Hall–Kier alpha value is -1.54. The van der Waals surface area contributed by atoms with E-state index in [-0.39, 0.29) is 24.3 Å². The third-order valence-corrected chi connectivity index (χ3v) is 5.78. The van der Waals surface area contributed by atoms with E-state index in [1.54, 1.807) is 30.0 Å². The van der Waals surface area contributed by atoms with Gasteiger partial charge in [-0.3, -0.25) is 14.4 Å². The zero-order chi connectivity index (χ0) is 19.6. The SMILES string of the molecule is CSCC[C@@H](NC(=O)c1ccccc1Br)C(=O)NCCC(=O)N1CCCC1. The van der Waals surface area contributed by atoms with Crippen molar-refractivity contribution in [3.8, 4) is 0 Å². The summed E-state index contributed by atoms with van der Waals surface area (Å²) >= 11 is 4.98. The van der Waals surface area contributed by atoms with Gasteiger partial charge in [-0.25, -0.2) is 0 Å². The summed E-state index contributed by atoms with van der Waals surface area (Å²) < 4.78 is 0.683. The van der Waals surface area contributed by atoms with Crippen molar-refractivity contribution in [1.29, 1.82) is 0 Å². The second kappa shape index (κ2) is 11.3. The molecule has 0 aliphatic carbocycles. The summed E-state index contributed by atoms with van der Waals surface area (Å²) in [6.45, 7) is 1.91. The van der Waals surface area contributed by atoms with Gasteiger partial charge in [0.2, 0.25) is 11.8 Å². The van der Waals surface area contributed by atoms with Gasteiger partial charge >= 0.3 is 0 Å². The molecule has 0 saturated carbocycles. The molecule has 1 aromatic carbocycles. The molecule has 0 spiro atoms. The molecule has 2 rings (SSSR count). The lowest BCUT2D eigenvalue weighted by molar-refractivity contribution is -0.130. The van der Waals surface area contributed by atoms with E-state index in [9.17, 15) is 14.4 Å². The summed E-state index contributed by atoms with van der Waals surface area (Å²) in [7, 11) is 0. The number of thioether (sulfide) groups is 1. The number of halogens is 1. The summed E-state index contributed by atoms with van der Waals surface area (Å²) in [5, 5.41) is 5.61. The molecule has 2 N–H and O–H groups in total. The molecule has 1 fully saturated rings. The highest BCUT2D eigenvalue weighted by Gasteiger charge is 2.23. The predicted octanol–water partition coefficient (Wildman–Crippen LogP) is 2.43. The lowest BCUT2D eigenvalue weighted by atomic mass is 10.1. The second-order valence-corrected chi connectivity index (χ2v) is 8.26. The van der Waals surface area contributed by atoms with Gasteiger partial charge in [0.1, 0.15) is 6.04 Å². The van der Waals surface area contributed by atoms with Crippen LogP contribution in [0, 0.1) is 0 Å². The van der Waals surface area contributed by atoms with E-state index in [1.807, 2.05) is 17.2 Å². The first-order valence-corrected chi connectivity index (χ1v) is 11.3. The minimum Gasteiger partial charge on any atom is -0.354 e. The Labute approximate surface area is 173 Å². The average molecular weight is 456 g/mol. The molecular formula is C19H26BrN3O3S. The van der Waals surface area contributed by atoms with E-state index in [4.69, 9.17) is 0 Å². The number of amides is 3. The highest BCUT2D eigenvalue weighted by Crippen LogP contribution is 2.16. The van der Waals surface area contributed by atoms with Crippen molar-refractivity contribution < 1.29 is 14.4 Å². The normalized spacial score (nSPS) is 14.7. The van der Waals surface area contributed by atoms with Gasteiger partial charge in [0.25, 0.3) is 5.91 Å². The first kappa shape index (κ1) is 21.8. The molecule has 0 bridgehead atoms. The first-order chi connectivity index (χ1) is 13.0. The van der Waals surface area contributed by atoms with E-state index in [1.165, 1.54) is 0 Å². The maximum atomic E-state index is 12.5. The fourth-order valence-corrected chi connectivity index (χ4v) is 3.86. The Balaban J connectivity index is 1.87. The number of likely N-dealkylation sites (tertiary alicyclic amines) is 1. The van der Waals surface area contributed by atoms with Crippen LogP contribution in [-0.4, -0.2) is 60.3 Å². The quantitative estimate of drug-likeness (QED) is 0.599. The van der Waals surface area contributed by atoms with Crippen LogP contribution in [0.4, 0.5) is 0 Å². The zero-order valence-corrected chi connectivity index (χ0v) is 17.9. The van der Waals surface area contributed by atoms with Crippen LogP contribution < -0.4 is 10.6 Å². The van der Waals surface area contributed by atoms with Gasteiger partial charge < -0.3 is 15.5 Å². The average Bonchev–Trinajstić information content (AvgIpc) is 3.20. The van der Waals surface area contributed by atoms with Gasteiger partial charge in [0, 0.05) is 30.5 Å². The fraction of sp³-hybridized carbons (Fsp3) is 0.526. The fourth-order valence-electron chi connectivity index (χ4n) is 2.93. The first-order valence-electron chi connectivity index (χ1n) is 9.12. The molecule has 3 amide bonds. The number of nitrogens with zero attached hydrogens (tertiary/aromatic N) is 1. The maximum absolute atomic E-state index is 12.5. The number of carbonyl (C=O) groups is 3. The molecule has 0 radical (unpaired) electrons. The van der Waals surface area contributed by atoms with Crippen molar-refractivity contribution in [2.75, 3.05) is 31.6 Å². The van der Waals surface area contributed by atoms with E-state index < -0.39 is 6.04 Å². The van der Waals surface area contributed by atoms with Crippen LogP contribution in [0.5, 0.6) is 0 Å². The highest BCUT2D eigenvalue weighted by atomic mass is 79.9. The van der Waals surface area contributed by atoms with Crippen LogP contribution in [0.15, 0.2) is 28.7 Å². The standard InChI is InChI=1S/C19H26BrN3O3S/c1-27-13-9-16(22-18(25)14-6-2-3-7-15(14)20)19(26)21-10-8-17(24)23-11-4-5-12-23/h2-3,6-7,16H,4-5,8-13H2,1H3,(H,21,26)(H,22,25)/t16-/m1/s1. The van der Waals surface area contributed by atoms with Crippen LogP contribution in [-0.2, 0) is 9.59 Å². The summed E-state index contributed by atoms with van der Waals surface area (Å²) in [6.07, 6.45) is 4.88. The number of hydrogen-bond donors (Lipinski definition) is 2. The number of carbonyl (C=O) groups excluding carboxylic acids is 3. The van der Waals surface area contributed by atoms with Gasteiger partial charge in [-0.15, -0.1) is 0 Å². The van der Waals surface area contributed by atoms with Crippen molar-refractivity contribution >= 4 is 45.4 Å². The van der Waals surface area contributed by atoms with Crippen LogP contribution in [0.3, 0.4) is 0 Å². The van der Waals surface area contributed by atoms with Crippen LogP contribution in [0.25, 0.3) is 0 Å². The molecule has 1 heterocycles. The molecule has 6 nitrogen and oxygen atoms in total. The van der Waals surface area contributed by atoms with Gasteiger partial charge in [0.05, 0.1) is 5.56 Å². The van der Waals surface area contributed by atoms with Crippen molar-refractivity contribution in [3.63, 3.8) is 0 Å². The zero-order valence-electron chi connectivity index (χ0n) is 15.5. The van der Waals surface area contributed by atoms with Crippen molar-refractivity contribution in [2.45, 2.75) is 31.7 Å². The molecule has 27 heavy (non-hydrogen) atoms. The maximum Gasteiger partial charge on any atom is 0.253 e. The molecule has 1 aromatic rings. The molecular weight excluding hydrogens is 430 g/mol. The van der Waals surface area contributed by atoms with Crippen LogP contribution in [0.1, 0.15) is 36.0 Å². The Morgan fingerprint density at radius 2 is 1.93 bits per heavy atom. The van der Waals surface area contributed by atoms with Crippen LogP contribution >= 0.6 is 27.7 Å². The van der Waals surface area contributed by atoms with Gasteiger partial charge in [-0.1, -0.05) is 12.1 Å². The molecule has 0 aromatic heterocycles. The Kier molecular flexibility index (Phi) is 9.14. The van der Waals surface area contributed by atoms with Crippen molar-refractivity contribution in [2.24, 2.45) is 0 Å². The predicted molar refractivity (Wildman–Crippen MR) is 112 cm³/mol. The topological polar surface area (TPSA) is 78.5 Å². The number of nitrogens with one attached hydrogen (secondary N) is 2. The Morgan fingerprint density at radius 3 is 2.59 bits per heavy atom. The molecule has 1 atom stereocenters. The minimum atomic E-state index is -0.626. The molecule has 1 aliphatic heterocycles. The van der Waals surface area contributed by atoms with E-state index >= 15 is 0 Å². The highest BCUT2D eigenvalue weighted by molar-refractivity contribution is 9.10. The molecule has 148 valence electrons. The third-order valence-electron chi connectivity index (χ3n) is 4.45. The third kappa shape index (κ3) is 6.84. The van der Waals surface area contributed by atoms with Gasteiger partial charge in [0.15, 0.2) is 0 Å². The smallest absolute Gasteiger partial charge is 0.253 e. The van der Waals surface area contributed by atoms with Gasteiger partial charge in [-0.05, 0) is 59.3 Å². The number of rotatable bonds is 9. The van der Waals surface area contributed by atoms with E-state index in [0.717, 1.165) is 31.7 Å². The lowest BCUT2D eigenvalue weighted by Crippen LogP contribution is -2.47. The van der Waals surface area contributed by atoms with Gasteiger partial charge in [-0.2, -0.15) is 11.8 Å². The Morgan fingerprint density at radius 1 is 1.22 bits per heavy atom. The minimum absolute atomic E-state index is 0.0747. The second-order valence-electron chi connectivity index (χ2n) is 6.42.